The van der Waals surface area contributed by atoms with Crippen LogP contribution in [-0.2, 0) is 32.0 Å². The summed E-state index contributed by atoms with van der Waals surface area (Å²) in [5.74, 6) is 0. The average molecular weight is 565 g/mol. The van der Waals surface area contributed by atoms with Crippen LogP contribution in [0.15, 0.2) is 21.9 Å². The molecule has 3 rings (SSSR count). The van der Waals surface area contributed by atoms with Gasteiger partial charge in [0.15, 0.2) is 12.5 Å². The molecule has 1 aromatic rings. The Hall–Kier alpha value is -1.38. The largest absolute Gasteiger partial charge is 0.483 e. The molecule has 2 aliphatic rings. The monoisotopic (exact) mass is 565 g/mol. The number of nitrogens with two attached hydrogens (primary N) is 1. The maximum absolute atomic E-state index is 12.2. The van der Waals surface area contributed by atoms with Gasteiger partial charge in [-0.2, -0.15) is 4.31 Å². The standard InChI is InChI=1S/C15H25N3O16P2/c16-3-5-8(20)10(22)12(24)14(32-5)33-36(28,29)34-35(26,27)30-4-6-9(21)11(23)13(31-6)18-2-1-7(19)17-15(18)25/h1-2,5-6,8-14,20-24H,3-4,16H2,(H,26,27)(H,28,29)(H,17,19,25)/t5?,6-,8?,9-,10?,11-,12?,13-,14?/m1/s1. The van der Waals surface area contributed by atoms with Crippen LogP contribution in [0, 0.1) is 0 Å². The van der Waals surface area contributed by atoms with Gasteiger partial charge in [0.05, 0.1) is 6.61 Å². The van der Waals surface area contributed by atoms with Gasteiger partial charge in [0.2, 0.25) is 0 Å². The van der Waals surface area contributed by atoms with Crippen molar-refractivity contribution in [2.75, 3.05) is 13.2 Å². The van der Waals surface area contributed by atoms with Gasteiger partial charge < -0.3 is 50.5 Å². The summed E-state index contributed by atoms with van der Waals surface area (Å²) in [5, 5.41) is 49.6. The highest BCUT2D eigenvalue weighted by molar-refractivity contribution is 7.61. The topological polar surface area (TPSA) is 303 Å². The van der Waals surface area contributed by atoms with E-state index in [0.29, 0.717) is 0 Å². The number of H-pyrrole nitrogens is 1. The van der Waals surface area contributed by atoms with Crippen molar-refractivity contribution >= 4 is 15.6 Å². The molecule has 0 radical (unpaired) electrons. The fraction of sp³-hybridized carbons (Fsp3) is 0.733. The lowest BCUT2D eigenvalue weighted by atomic mass is 9.99. The zero-order valence-corrected chi connectivity index (χ0v) is 19.8. The summed E-state index contributed by atoms with van der Waals surface area (Å²) in [6.45, 7) is -1.41. The third kappa shape index (κ3) is 6.54. The number of aromatic amines is 1. The maximum atomic E-state index is 12.2. The zero-order chi connectivity index (χ0) is 27.0. The van der Waals surface area contributed by atoms with Crippen LogP contribution in [0.5, 0.6) is 0 Å². The molecule has 19 nitrogen and oxygen atoms in total. The molecule has 36 heavy (non-hydrogen) atoms. The quantitative estimate of drug-likeness (QED) is 0.127. The fourth-order valence-electron chi connectivity index (χ4n) is 3.39. The molecular weight excluding hydrogens is 540 g/mol. The Morgan fingerprint density at radius 1 is 0.944 bits per heavy atom. The number of nitrogens with one attached hydrogen (secondary N) is 1. The van der Waals surface area contributed by atoms with Crippen molar-refractivity contribution in [2.24, 2.45) is 5.73 Å². The minimum absolute atomic E-state index is 0.398. The predicted molar refractivity (Wildman–Crippen MR) is 111 cm³/mol. The molecule has 0 aromatic carbocycles. The Labute approximate surface area is 200 Å². The SMILES string of the molecule is NCC1OC(OP(=O)(O)OP(=O)(O)OC[C@H]2O[C@@H](n3ccc(=O)[nH]c3=O)[C@H](O)[C@@H]2O)C(O)C(O)C1O. The minimum Gasteiger partial charge on any atom is -0.388 e. The lowest BCUT2D eigenvalue weighted by Gasteiger charge is -2.39. The molecule has 0 spiro atoms. The first-order chi connectivity index (χ1) is 16.7. The van der Waals surface area contributed by atoms with Crippen LogP contribution < -0.4 is 17.0 Å². The van der Waals surface area contributed by atoms with Crippen LogP contribution >= 0.6 is 15.6 Å². The summed E-state index contributed by atoms with van der Waals surface area (Å²) in [5.41, 5.74) is 3.59. The van der Waals surface area contributed by atoms with Gasteiger partial charge in [-0.1, -0.05) is 0 Å². The first kappa shape index (κ1) is 29.2. The molecule has 21 heteroatoms. The molecule has 0 amide bonds. The van der Waals surface area contributed by atoms with Crippen molar-refractivity contribution in [1.29, 1.82) is 0 Å². The minimum atomic E-state index is -5.55. The molecule has 3 heterocycles. The molecule has 7 unspecified atom stereocenters. The van der Waals surface area contributed by atoms with Crippen molar-refractivity contribution in [1.82, 2.24) is 9.55 Å². The molecule has 206 valence electrons. The molecule has 2 aliphatic heterocycles. The summed E-state index contributed by atoms with van der Waals surface area (Å²) in [6.07, 6.45) is -14.8. The number of aliphatic hydroxyl groups is 5. The van der Waals surface area contributed by atoms with Gasteiger partial charge in [0.25, 0.3) is 5.56 Å². The smallest absolute Gasteiger partial charge is 0.388 e. The third-order valence-corrected chi connectivity index (χ3v) is 7.81. The van der Waals surface area contributed by atoms with E-state index in [-0.39, 0.29) is 0 Å². The van der Waals surface area contributed by atoms with Gasteiger partial charge >= 0.3 is 21.3 Å². The van der Waals surface area contributed by atoms with E-state index in [0.717, 1.165) is 16.8 Å². The number of hydrogen-bond donors (Lipinski definition) is 9. The van der Waals surface area contributed by atoms with E-state index in [9.17, 15) is 54.0 Å². The summed E-state index contributed by atoms with van der Waals surface area (Å²) < 4.78 is 48.4. The van der Waals surface area contributed by atoms with Crippen molar-refractivity contribution < 1.29 is 67.3 Å². The molecule has 0 saturated carbocycles. The average Bonchev–Trinajstić information content (AvgIpc) is 3.06. The van der Waals surface area contributed by atoms with E-state index in [4.69, 9.17) is 15.2 Å². The maximum Gasteiger partial charge on any atom is 0.483 e. The second-order valence-corrected chi connectivity index (χ2v) is 10.7. The Kier molecular flexibility index (Phi) is 9.05. The van der Waals surface area contributed by atoms with Crippen LogP contribution in [0.25, 0.3) is 0 Å². The van der Waals surface area contributed by atoms with Crippen molar-refractivity contribution in [3.05, 3.63) is 33.1 Å². The highest BCUT2D eigenvalue weighted by Gasteiger charge is 2.49. The van der Waals surface area contributed by atoms with Crippen LogP contribution in [0.4, 0.5) is 0 Å². The zero-order valence-electron chi connectivity index (χ0n) is 18.0. The lowest BCUT2D eigenvalue weighted by Crippen LogP contribution is -2.59. The second-order valence-electron chi connectivity index (χ2n) is 7.73. The molecule has 2 fully saturated rings. The van der Waals surface area contributed by atoms with Crippen LogP contribution in [-0.4, -0.2) is 107 Å². The third-order valence-electron chi connectivity index (χ3n) is 5.21. The van der Waals surface area contributed by atoms with Gasteiger partial charge in [-0.15, -0.1) is 0 Å². The molecule has 11 atom stereocenters. The number of phosphoric acid groups is 2. The Morgan fingerprint density at radius 2 is 1.58 bits per heavy atom. The van der Waals surface area contributed by atoms with E-state index in [1.54, 1.807) is 0 Å². The van der Waals surface area contributed by atoms with Gasteiger partial charge in [-0.3, -0.25) is 23.4 Å². The first-order valence-corrected chi connectivity index (χ1v) is 13.1. The highest BCUT2D eigenvalue weighted by Crippen LogP contribution is 2.61. The molecule has 10 N–H and O–H groups in total. The highest BCUT2D eigenvalue weighted by atomic mass is 31.3. The molecule has 1 aromatic heterocycles. The number of aromatic nitrogens is 2. The van der Waals surface area contributed by atoms with Gasteiger partial charge in [-0.05, 0) is 0 Å². The Bertz CT molecular complexity index is 1130. The number of aliphatic hydroxyl groups excluding tert-OH is 5. The molecule has 0 aliphatic carbocycles. The Balaban J connectivity index is 1.61. The summed E-state index contributed by atoms with van der Waals surface area (Å²) in [7, 11) is -11.0. The van der Waals surface area contributed by atoms with Crippen molar-refractivity contribution in [2.45, 2.75) is 55.2 Å². The first-order valence-electron chi connectivity index (χ1n) is 10.1. The number of nitrogens with zero attached hydrogens (tertiary/aromatic N) is 1. The van der Waals surface area contributed by atoms with E-state index in [1.807, 2.05) is 4.98 Å². The van der Waals surface area contributed by atoms with Crippen molar-refractivity contribution in [3.63, 3.8) is 0 Å². The lowest BCUT2D eigenvalue weighted by molar-refractivity contribution is -0.273. The van der Waals surface area contributed by atoms with Crippen molar-refractivity contribution in [3.8, 4) is 0 Å². The van der Waals surface area contributed by atoms with Crippen LogP contribution in [0.1, 0.15) is 6.23 Å². The van der Waals surface area contributed by atoms with Gasteiger partial charge in [0.1, 0.15) is 42.7 Å². The summed E-state index contributed by atoms with van der Waals surface area (Å²) in [4.78, 5) is 44.6. The van der Waals surface area contributed by atoms with E-state index in [2.05, 4.69) is 13.4 Å². The number of ether oxygens (including phenoxy) is 2. The molecular formula is C15H25N3O16P2. The van der Waals surface area contributed by atoms with E-state index >= 15 is 0 Å². The fourth-order valence-corrected chi connectivity index (χ4v) is 5.55. The summed E-state index contributed by atoms with van der Waals surface area (Å²) in [6, 6.07) is 0.935. The molecule has 0 bridgehead atoms. The Morgan fingerprint density at radius 3 is 2.19 bits per heavy atom. The van der Waals surface area contributed by atoms with E-state index in [1.165, 1.54) is 0 Å². The summed E-state index contributed by atoms with van der Waals surface area (Å²) >= 11 is 0. The molecule has 2 saturated heterocycles. The van der Waals surface area contributed by atoms with Gasteiger partial charge in [0, 0.05) is 18.8 Å². The van der Waals surface area contributed by atoms with Crippen LogP contribution in [0.2, 0.25) is 0 Å². The second kappa shape index (κ2) is 11.2. The van der Waals surface area contributed by atoms with Crippen LogP contribution in [0.3, 0.4) is 0 Å². The normalized spacial score (nSPS) is 38.4. The van der Waals surface area contributed by atoms with E-state index < -0.39 is 95.3 Å². The number of hydrogen-bond acceptors (Lipinski definition) is 15. The predicted octanol–water partition coefficient (Wildman–Crippen LogP) is -4.83. The number of rotatable bonds is 9. The number of phosphoric ester groups is 2. The van der Waals surface area contributed by atoms with Gasteiger partial charge in [-0.25, -0.2) is 13.9 Å².